The summed E-state index contributed by atoms with van der Waals surface area (Å²) in [5.74, 6) is 3.54. The summed E-state index contributed by atoms with van der Waals surface area (Å²) in [7, 11) is 0. The second-order valence-corrected chi connectivity index (χ2v) is 8.54. The van der Waals surface area contributed by atoms with Crippen LogP contribution in [0.2, 0.25) is 0 Å². The van der Waals surface area contributed by atoms with Crippen molar-refractivity contribution in [2.24, 2.45) is 17.8 Å². The van der Waals surface area contributed by atoms with Crippen molar-refractivity contribution in [1.82, 2.24) is 0 Å². The molecule has 0 aliphatic heterocycles. The van der Waals surface area contributed by atoms with Crippen molar-refractivity contribution in [1.29, 1.82) is 5.26 Å². The number of hydrogen-bond donors (Lipinski definition) is 0. The van der Waals surface area contributed by atoms with Gasteiger partial charge in [0.25, 0.3) is 0 Å². The van der Waals surface area contributed by atoms with Gasteiger partial charge in [-0.25, -0.2) is 0 Å². The number of allylic oxidation sites excluding steroid dienone is 1. The Morgan fingerprint density at radius 1 is 0.852 bits per heavy atom. The average molecular weight is 356 g/mol. The summed E-state index contributed by atoms with van der Waals surface area (Å²) >= 11 is 0. The van der Waals surface area contributed by atoms with Gasteiger partial charge in [0, 0.05) is 0 Å². The van der Waals surface area contributed by atoms with Gasteiger partial charge in [0.1, 0.15) is 0 Å². The first-order valence-electron chi connectivity index (χ1n) is 10.5. The summed E-state index contributed by atoms with van der Waals surface area (Å²) in [4.78, 5) is 0. The summed E-state index contributed by atoms with van der Waals surface area (Å²) in [6.07, 6.45) is 11.7. The van der Waals surface area contributed by atoms with Crippen LogP contribution in [-0.2, 0) is 0 Å². The third-order valence-electron chi connectivity index (χ3n) is 6.94. The fraction of sp³-hybridized carbons (Fsp3) is 0.423. The van der Waals surface area contributed by atoms with Gasteiger partial charge >= 0.3 is 0 Å². The summed E-state index contributed by atoms with van der Waals surface area (Å²) in [6, 6.07) is 19.2. The SMILES string of the molecule is C=CCC1CC2CCC(c3ccc(-c4ccc(C#N)cc4)cc3)CCC2C1. The summed E-state index contributed by atoms with van der Waals surface area (Å²) in [5.41, 5.74) is 4.65. The Kier molecular flexibility index (Phi) is 5.44. The number of nitrogens with zero attached hydrogens (tertiary/aromatic N) is 1. The van der Waals surface area contributed by atoms with Gasteiger partial charge in [-0.1, -0.05) is 42.5 Å². The van der Waals surface area contributed by atoms with E-state index in [1.807, 2.05) is 24.3 Å². The fourth-order valence-electron chi connectivity index (χ4n) is 5.47. The average Bonchev–Trinajstić information content (AvgIpc) is 2.99. The predicted octanol–water partition coefficient (Wildman–Crippen LogP) is 7.10. The molecule has 1 nitrogen and oxygen atoms in total. The van der Waals surface area contributed by atoms with E-state index in [9.17, 15) is 0 Å². The molecule has 2 atom stereocenters. The monoisotopic (exact) mass is 355 g/mol. The lowest BCUT2D eigenvalue weighted by molar-refractivity contribution is 0.367. The molecule has 0 N–H and O–H groups in total. The van der Waals surface area contributed by atoms with Crippen LogP contribution in [0.4, 0.5) is 0 Å². The first kappa shape index (κ1) is 18.1. The third kappa shape index (κ3) is 4.01. The summed E-state index contributed by atoms with van der Waals surface area (Å²) in [6.45, 7) is 3.94. The molecular formula is C26H29N. The number of fused-ring (bicyclic) bond motifs is 1. The molecule has 2 unspecified atom stereocenters. The number of nitriles is 1. The highest BCUT2D eigenvalue weighted by Gasteiger charge is 2.35. The Balaban J connectivity index is 1.41. The minimum absolute atomic E-state index is 0.717. The van der Waals surface area contributed by atoms with Crippen LogP contribution in [0.15, 0.2) is 61.2 Å². The van der Waals surface area contributed by atoms with Gasteiger partial charge in [0.2, 0.25) is 0 Å². The van der Waals surface area contributed by atoms with Crippen molar-refractivity contribution in [2.45, 2.75) is 50.9 Å². The molecule has 27 heavy (non-hydrogen) atoms. The lowest BCUT2D eigenvalue weighted by Crippen LogP contribution is -2.04. The minimum Gasteiger partial charge on any atom is -0.192 e. The normalized spacial score (nSPS) is 27.4. The molecular weight excluding hydrogens is 326 g/mol. The van der Waals surface area contributed by atoms with Crippen LogP contribution in [0.5, 0.6) is 0 Å². The second-order valence-electron chi connectivity index (χ2n) is 8.54. The number of benzene rings is 2. The highest BCUT2D eigenvalue weighted by molar-refractivity contribution is 5.64. The molecule has 0 saturated heterocycles. The molecule has 0 radical (unpaired) electrons. The molecule has 0 amide bonds. The maximum Gasteiger partial charge on any atom is 0.0991 e. The zero-order chi connectivity index (χ0) is 18.6. The van der Waals surface area contributed by atoms with E-state index in [1.54, 1.807) is 0 Å². The highest BCUT2D eigenvalue weighted by Crippen LogP contribution is 2.48. The van der Waals surface area contributed by atoms with E-state index >= 15 is 0 Å². The van der Waals surface area contributed by atoms with Crippen molar-refractivity contribution in [3.8, 4) is 17.2 Å². The van der Waals surface area contributed by atoms with Crippen molar-refractivity contribution in [3.63, 3.8) is 0 Å². The van der Waals surface area contributed by atoms with E-state index in [1.165, 1.54) is 61.6 Å². The zero-order valence-corrected chi connectivity index (χ0v) is 16.1. The molecule has 2 aliphatic rings. The van der Waals surface area contributed by atoms with E-state index in [4.69, 9.17) is 5.26 Å². The zero-order valence-electron chi connectivity index (χ0n) is 16.1. The lowest BCUT2D eigenvalue weighted by atomic mass is 9.89. The molecule has 2 aromatic carbocycles. The standard InChI is InChI=1S/C26H29N/c1-2-3-20-16-25-14-12-24(13-15-26(25)17-20)23-10-8-22(9-11-23)21-6-4-19(18-27)5-7-21/h2,4-11,20,24-26H,1,3,12-17H2. The smallest absolute Gasteiger partial charge is 0.0991 e. The molecule has 0 bridgehead atoms. The topological polar surface area (TPSA) is 23.8 Å². The fourth-order valence-corrected chi connectivity index (χ4v) is 5.47. The van der Waals surface area contributed by atoms with Crippen LogP contribution < -0.4 is 0 Å². The van der Waals surface area contributed by atoms with E-state index in [0.717, 1.165) is 29.2 Å². The van der Waals surface area contributed by atoms with Gasteiger partial charge < -0.3 is 0 Å². The van der Waals surface area contributed by atoms with Crippen LogP contribution in [0.25, 0.3) is 11.1 Å². The Bertz CT molecular complexity index is 793. The van der Waals surface area contributed by atoms with Gasteiger partial charge in [0.15, 0.2) is 0 Å². The first-order valence-corrected chi connectivity index (χ1v) is 10.5. The largest absolute Gasteiger partial charge is 0.192 e. The lowest BCUT2D eigenvalue weighted by Gasteiger charge is -2.16. The van der Waals surface area contributed by atoms with Crippen LogP contribution in [0.1, 0.15) is 62.0 Å². The Morgan fingerprint density at radius 3 is 1.93 bits per heavy atom. The number of hydrogen-bond acceptors (Lipinski definition) is 1. The molecule has 2 aromatic rings. The second kappa shape index (κ2) is 8.13. The van der Waals surface area contributed by atoms with Gasteiger partial charge in [-0.3, -0.25) is 0 Å². The maximum absolute atomic E-state index is 8.95. The highest BCUT2D eigenvalue weighted by atomic mass is 14.4. The quantitative estimate of drug-likeness (QED) is 0.536. The molecule has 1 heteroatoms. The van der Waals surface area contributed by atoms with E-state index in [0.29, 0.717) is 0 Å². The van der Waals surface area contributed by atoms with E-state index < -0.39 is 0 Å². The van der Waals surface area contributed by atoms with Gasteiger partial charge in [-0.15, -0.1) is 6.58 Å². The molecule has 0 heterocycles. The van der Waals surface area contributed by atoms with Gasteiger partial charge in [-0.05, 0) is 97.4 Å². The third-order valence-corrected chi connectivity index (χ3v) is 6.94. The van der Waals surface area contributed by atoms with E-state index in [2.05, 4.69) is 43.0 Å². The van der Waals surface area contributed by atoms with Crippen LogP contribution in [0, 0.1) is 29.1 Å². The van der Waals surface area contributed by atoms with Crippen molar-refractivity contribution < 1.29 is 0 Å². The van der Waals surface area contributed by atoms with E-state index in [-0.39, 0.29) is 0 Å². The minimum atomic E-state index is 0.717. The van der Waals surface area contributed by atoms with Crippen LogP contribution in [-0.4, -0.2) is 0 Å². The molecule has 4 rings (SSSR count). The Hall–Kier alpha value is -2.33. The van der Waals surface area contributed by atoms with Crippen molar-refractivity contribution in [3.05, 3.63) is 72.3 Å². The summed E-state index contributed by atoms with van der Waals surface area (Å²) < 4.78 is 0. The Labute approximate surface area is 163 Å². The molecule has 0 aromatic heterocycles. The molecule has 2 saturated carbocycles. The van der Waals surface area contributed by atoms with Gasteiger partial charge in [-0.2, -0.15) is 5.26 Å². The first-order chi connectivity index (χ1) is 13.3. The maximum atomic E-state index is 8.95. The molecule has 138 valence electrons. The van der Waals surface area contributed by atoms with Gasteiger partial charge in [0.05, 0.1) is 11.6 Å². The van der Waals surface area contributed by atoms with Crippen molar-refractivity contribution >= 4 is 0 Å². The molecule has 2 fully saturated rings. The number of rotatable bonds is 4. The Morgan fingerprint density at radius 2 is 1.41 bits per heavy atom. The molecule has 0 spiro atoms. The molecule has 2 aliphatic carbocycles. The van der Waals surface area contributed by atoms with Crippen molar-refractivity contribution in [2.75, 3.05) is 0 Å². The van der Waals surface area contributed by atoms with Crippen LogP contribution >= 0.6 is 0 Å². The summed E-state index contributed by atoms with van der Waals surface area (Å²) in [5, 5.41) is 8.95. The predicted molar refractivity (Wildman–Crippen MR) is 112 cm³/mol. The van der Waals surface area contributed by atoms with Crippen LogP contribution in [0.3, 0.4) is 0 Å².